The molecule has 4 amide bonds. The number of methoxy groups -OCH3 is 4. The Kier molecular flexibility index (Phi) is 26.0. The zero-order valence-electron chi connectivity index (χ0n) is 48.9. The van der Waals surface area contributed by atoms with Crippen molar-refractivity contribution in [1.82, 2.24) is 21.3 Å². The lowest BCUT2D eigenvalue weighted by molar-refractivity contribution is -0.120. The Morgan fingerprint density at radius 2 is 0.951 bits per heavy atom. The van der Waals surface area contributed by atoms with Gasteiger partial charge in [0.25, 0.3) is 11.8 Å². The molecule has 10 N–H and O–H groups in total. The van der Waals surface area contributed by atoms with Crippen LogP contribution in [0.4, 0.5) is 9.59 Å². The number of hydrogen-bond acceptors (Lipinski definition) is 18. The summed E-state index contributed by atoms with van der Waals surface area (Å²) in [5.41, 5.74) is 11.9. The summed E-state index contributed by atoms with van der Waals surface area (Å²) in [4.78, 5) is 107. The molecule has 4 rings (SSSR count). The van der Waals surface area contributed by atoms with Crippen molar-refractivity contribution in [2.75, 3.05) is 41.5 Å². The molecule has 4 bridgehead atoms. The lowest BCUT2D eigenvalue weighted by atomic mass is 9.85. The van der Waals surface area contributed by atoms with Gasteiger partial charge in [-0.05, 0) is 76.4 Å². The summed E-state index contributed by atoms with van der Waals surface area (Å²) in [5.74, 6) is -5.58. The van der Waals surface area contributed by atoms with Gasteiger partial charge in [0.15, 0.2) is 12.2 Å². The number of nitrogens with two attached hydrogens (primary N) is 2. The Labute approximate surface area is 479 Å². The normalized spacial score (nSPS) is 32.5. The van der Waals surface area contributed by atoms with Crippen LogP contribution in [-0.2, 0) is 57.2 Å². The molecule has 0 fully saturated rings. The first-order valence-corrected chi connectivity index (χ1v) is 27.1. The van der Waals surface area contributed by atoms with Crippen molar-refractivity contribution in [1.29, 1.82) is 0 Å². The number of ketones is 4. The zero-order chi connectivity index (χ0) is 61.1. The molecule has 22 heteroatoms. The predicted molar refractivity (Wildman–Crippen MR) is 304 cm³/mol. The van der Waals surface area contributed by atoms with E-state index in [1.807, 2.05) is 13.8 Å². The number of nitrogens with one attached hydrogen (secondary N) is 4. The number of carbonyl (C=O) groups excluding carboxylic acids is 8. The summed E-state index contributed by atoms with van der Waals surface area (Å²) in [6.07, 6.45) is 8.85. The number of rotatable bonds is 12. The molecular formula is C60H82N6O16. The molecule has 0 saturated carbocycles. The Bertz CT molecular complexity index is 2590. The standard InChI is InChI=1S/C60H82N6O16/c1-31-23-39-49(43(67)29-41(53(39)71)65-57(73)33(3)17-15-19-45(77-9)55(81-59(61)75)37(7)27-35(5)51(69)47(25-31)79-11)63-21-13-14-22-64-50-40-24-32(2)26-48(80-12)52(70)36(6)28-38(8)56(82-60(62)76)46(78-10)20-16-18-34(4)58(74)66-42(54(40)72)30-44(50)68/h13-20,27-32,35-36,45-48,51-52,55-56,63-64,69-70H,21-26H2,1-12H3,(H2,61,75)(H2,62,76)(H,65,73)(H,66,74)/b14-13+,19-15-,20-16-,33-17-,34-18-,37-27-,38-28-/t31-,32-,35+,36+,45+,46+,47+,48+,51-,52-,55+,56+/m1/s1. The quantitative estimate of drug-likeness (QED) is 0.0999. The van der Waals surface area contributed by atoms with Crippen LogP contribution in [0.1, 0.15) is 81.1 Å². The van der Waals surface area contributed by atoms with Gasteiger partial charge in [0.1, 0.15) is 12.2 Å². The summed E-state index contributed by atoms with van der Waals surface area (Å²) in [6, 6.07) is 0. The van der Waals surface area contributed by atoms with Gasteiger partial charge in [0.05, 0.1) is 47.2 Å². The molecule has 2 aliphatic heterocycles. The number of hydrogen-bond donors (Lipinski definition) is 8. The molecule has 82 heavy (non-hydrogen) atoms. The molecule has 0 aromatic carbocycles. The van der Waals surface area contributed by atoms with Crippen LogP contribution >= 0.6 is 0 Å². The number of allylic oxidation sites excluding steroid dienone is 8. The van der Waals surface area contributed by atoms with Gasteiger partial charge in [0, 0.05) is 87.8 Å². The summed E-state index contributed by atoms with van der Waals surface area (Å²) in [7, 11) is 5.70. The highest BCUT2D eigenvalue weighted by Gasteiger charge is 2.36. The van der Waals surface area contributed by atoms with E-state index < -0.39 is 108 Å². The van der Waals surface area contributed by atoms with Crippen molar-refractivity contribution in [3.05, 3.63) is 129 Å². The minimum atomic E-state index is -1.08. The second-order valence-electron chi connectivity index (χ2n) is 21.1. The van der Waals surface area contributed by atoms with Crippen LogP contribution in [-0.4, -0.2) is 148 Å². The van der Waals surface area contributed by atoms with E-state index in [0.29, 0.717) is 11.1 Å². The summed E-state index contributed by atoms with van der Waals surface area (Å²) in [5, 5.41) is 34.5. The summed E-state index contributed by atoms with van der Waals surface area (Å²) < 4.78 is 33.6. The molecule has 0 radical (unpaired) electrons. The van der Waals surface area contributed by atoms with Crippen LogP contribution in [0.2, 0.25) is 0 Å². The number of amides is 4. The fourth-order valence-electron chi connectivity index (χ4n) is 10.0. The van der Waals surface area contributed by atoms with E-state index in [-0.39, 0.29) is 95.7 Å². The smallest absolute Gasteiger partial charge is 0.405 e. The molecule has 0 aromatic rings. The van der Waals surface area contributed by atoms with E-state index in [4.69, 9.17) is 39.9 Å². The predicted octanol–water partition coefficient (Wildman–Crippen LogP) is 4.27. The minimum absolute atomic E-state index is 0.00986. The molecule has 2 heterocycles. The minimum Gasteiger partial charge on any atom is -0.439 e. The lowest BCUT2D eigenvalue weighted by Gasteiger charge is -2.30. The number of aliphatic hydroxyl groups excluding tert-OH is 2. The average molecular weight is 1140 g/mol. The second-order valence-corrected chi connectivity index (χ2v) is 21.1. The Hall–Kier alpha value is -7.34. The highest BCUT2D eigenvalue weighted by molar-refractivity contribution is 6.24. The highest BCUT2D eigenvalue weighted by atomic mass is 16.6. The van der Waals surface area contributed by atoms with E-state index in [1.165, 1.54) is 66.6 Å². The van der Waals surface area contributed by atoms with Crippen molar-refractivity contribution >= 4 is 47.1 Å². The second kappa shape index (κ2) is 31.8. The van der Waals surface area contributed by atoms with Crippen LogP contribution in [0.25, 0.3) is 0 Å². The van der Waals surface area contributed by atoms with Crippen LogP contribution in [0.15, 0.2) is 129 Å². The molecule has 12 atom stereocenters. The van der Waals surface area contributed by atoms with Gasteiger partial charge >= 0.3 is 12.2 Å². The maximum absolute atomic E-state index is 14.3. The van der Waals surface area contributed by atoms with Gasteiger partial charge in [-0.2, -0.15) is 0 Å². The number of primary amides is 2. The van der Waals surface area contributed by atoms with Crippen LogP contribution in [0.5, 0.6) is 0 Å². The van der Waals surface area contributed by atoms with Crippen LogP contribution in [0, 0.1) is 23.7 Å². The Morgan fingerprint density at radius 1 is 0.598 bits per heavy atom. The summed E-state index contributed by atoms with van der Waals surface area (Å²) >= 11 is 0. The first-order chi connectivity index (χ1) is 38.8. The van der Waals surface area contributed by atoms with Gasteiger partial charge in [-0.3, -0.25) is 28.8 Å². The zero-order valence-corrected chi connectivity index (χ0v) is 48.9. The first kappa shape index (κ1) is 67.2. The molecule has 0 unspecified atom stereocenters. The van der Waals surface area contributed by atoms with Crippen molar-refractivity contribution in [2.45, 2.75) is 130 Å². The number of fused-ring (bicyclic) bond motifs is 4. The largest absolute Gasteiger partial charge is 0.439 e. The maximum atomic E-state index is 14.3. The van der Waals surface area contributed by atoms with Gasteiger partial charge < -0.3 is 71.4 Å². The van der Waals surface area contributed by atoms with Crippen molar-refractivity contribution in [3.63, 3.8) is 0 Å². The third kappa shape index (κ3) is 18.6. The Morgan fingerprint density at radius 3 is 1.27 bits per heavy atom. The molecular weight excluding hydrogens is 1060 g/mol. The van der Waals surface area contributed by atoms with Gasteiger partial charge in [-0.15, -0.1) is 0 Å². The molecule has 2 aliphatic carbocycles. The number of Topliss-reactive ketones (excluding diaryl/α,β-unsaturated/α-hetero) is 2. The third-order valence-electron chi connectivity index (χ3n) is 14.5. The first-order valence-electron chi connectivity index (χ1n) is 27.1. The van der Waals surface area contributed by atoms with Crippen LogP contribution in [0.3, 0.4) is 0 Å². The van der Waals surface area contributed by atoms with Gasteiger partial charge in [0.2, 0.25) is 23.1 Å². The summed E-state index contributed by atoms with van der Waals surface area (Å²) in [6.45, 7) is 13.6. The molecule has 22 nitrogen and oxygen atoms in total. The average Bonchev–Trinajstić information content (AvgIpc) is 3.52. The Balaban J connectivity index is 1.64. The van der Waals surface area contributed by atoms with Gasteiger partial charge in [-0.25, -0.2) is 9.59 Å². The maximum Gasteiger partial charge on any atom is 0.405 e. The van der Waals surface area contributed by atoms with E-state index in [0.717, 1.165) is 12.2 Å². The van der Waals surface area contributed by atoms with Crippen molar-refractivity contribution in [3.8, 4) is 0 Å². The van der Waals surface area contributed by atoms with Gasteiger partial charge in [-0.1, -0.05) is 88.5 Å². The fraction of sp³-hybridized carbons (Fsp3) is 0.500. The van der Waals surface area contributed by atoms with E-state index in [2.05, 4.69) is 21.3 Å². The molecule has 0 saturated heterocycles. The van der Waals surface area contributed by atoms with E-state index in [1.54, 1.807) is 64.2 Å². The number of aliphatic hydroxyl groups is 2. The lowest BCUT2D eigenvalue weighted by Crippen LogP contribution is -2.38. The molecule has 0 aromatic heterocycles. The monoisotopic (exact) mass is 1140 g/mol. The highest BCUT2D eigenvalue weighted by Crippen LogP contribution is 2.31. The van der Waals surface area contributed by atoms with E-state index in [9.17, 15) is 48.6 Å². The van der Waals surface area contributed by atoms with Crippen LogP contribution < -0.4 is 32.7 Å². The number of ether oxygens (including phenoxy) is 6. The van der Waals surface area contributed by atoms with E-state index >= 15 is 0 Å². The fourth-order valence-corrected chi connectivity index (χ4v) is 10.0. The molecule has 4 aliphatic rings. The van der Waals surface area contributed by atoms with Crippen molar-refractivity contribution in [2.24, 2.45) is 35.1 Å². The van der Waals surface area contributed by atoms with Crippen molar-refractivity contribution < 1.29 is 77.0 Å². The molecule has 0 spiro atoms. The topological polar surface area (TPSA) is 333 Å². The third-order valence-corrected chi connectivity index (χ3v) is 14.5. The molecule has 448 valence electrons. The SMILES string of the molecule is CO[C@H]1/C=C\C=C(\C)C(=O)NC2=CC(=O)C(NC/C=C/CNC3=C4C[C@@H](C)C[C@H](OC)[C@H](O)[C@@H](C)/C=C(/C)[C@H](OC(N)=O)[C@@H](OC)/C=C\C=C(\C)C(=O)NC(=CC3=O)C4=O)=C(C[C@@H](C)C[C@H](OC)[C@H](O)[C@@H](C)/C=C(/C)[C@@H]1OC(N)=O)C2=O. The number of carbonyl (C=O) groups is 8.